The third-order valence-corrected chi connectivity index (χ3v) is 4.71. The Morgan fingerprint density at radius 1 is 1.35 bits per heavy atom. The highest BCUT2D eigenvalue weighted by atomic mass is 32.2. The predicted molar refractivity (Wildman–Crippen MR) is 91.1 cm³/mol. The van der Waals surface area contributed by atoms with Crippen molar-refractivity contribution in [3.05, 3.63) is 68.7 Å². The van der Waals surface area contributed by atoms with Crippen LogP contribution in [0.5, 0.6) is 0 Å². The maximum absolute atomic E-state index is 10.8. The molecular formula is C17H13N3O2S. The van der Waals surface area contributed by atoms with Crippen molar-refractivity contribution in [3.8, 4) is 6.07 Å². The van der Waals surface area contributed by atoms with Crippen LogP contribution in [0.1, 0.15) is 18.1 Å². The van der Waals surface area contributed by atoms with Crippen LogP contribution in [0.3, 0.4) is 0 Å². The van der Waals surface area contributed by atoms with E-state index in [4.69, 9.17) is 0 Å². The number of non-ortho nitro benzene ring substituents is 1. The monoisotopic (exact) mass is 323 g/mol. The first-order chi connectivity index (χ1) is 11.1. The fourth-order valence-corrected chi connectivity index (χ4v) is 3.68. The average Bonchev–Trinajstić information content (AvgIpc) is 2.92. The summed E-state index contributed by atoms with van der Waals surface area (Å²) < 4.78 is 0. The summed E-state index contributed by atoms with van der Waals surface area (Å²) in [6.45, 7) is 2.88. The molecule has 1 aliphatic heterocycles. The van der Waals surface area contributed by atoms with Crippen molar-refractivity contribution in [2.45, 2.75) is 11.8 Å². The van der Waals surface area contributed by atoms with E-state index >= 15 is 0 Å². The van der Waals surface area contributed by atoms with Crippen LogP contribution < -0.4 is 4.90 Å². The van der Waals surface area contributed by atoms with E-state index in [1.54, 1.807) is 17.8 Å². The minimum absolute atomic E-state index is 0.0709. The van der Waals surface area contributed by atoms with E-state index in [0.29, 0.717) is 11.1 Å². The van der Waals surface area contributed by atoms with Gasteiger partial charge in [-0.1, -0.05) is 23.9 Å². The average molecular weight is 323 g/mol. The summed E-state index contributed by atoms with van der Waals surface area (Å²) >= 11 is 1.64. The highest BCUT2D eigenvalue weighted by molar-refractivity contribution is 8.03. The number of fused-ring (bicyclic) bond motifs is 1. The van der Waals surface area contributed by atoms with E-state index in [0.717, 1.165) is 17.3 Å². The maximum atomic E-state index is 10.8. The molecule has 2 aromatic rings. The molecule has 2 aromatic carbocycles. The van der Waals surface area contributed by atoms with Crippen molar-refractivity contribution in [2.75, 3.05) is 11.4 Å². The van der Waals surface area contributed by atoms with Gasteiger partial charge in [-0.15, -0.1) is 0 Å². The maximum Gasteiger partial charge on any atom is 0.270 e. The molecule has 0 atom stereocenters. The topological polar surface area (TPSA) is 70.2 Å². The van der Waals surface area contributed by atoms with E-state index in [2.05, 4.69) is 24.0 Å². The normalized spacial score (nSPS) is 14.6. The summed E-state index contributed by atoms with van der Waals surface area (Å²) in [5.41, 5.74) is 2.07. The molecule has 5 nitrogen and oxygen atoms in total. The van der Waals surface area contributed by atoms with Crippen molar-refractivity contribution in [2.24, 2.45) is 0 Å². The zero-order valence-corrected chi connectivity index (χ0v) is 13.2. The molecule has 0 spiro atoms. The molecular weight excluding hydrogens is 310 g/mol. The Morgan fingerprint density at radius 2 is 2.13 bits per heavy atom. The van der Waals surface area contributed by atoms with Gasteiger partial charge in [-0.2, -0.15) is 5.26 Å². The summed E-state index contributed by atoms with van der Waals surface area (Å²) in [6.07, 6.45) is 1.91. The number of thioether (sulfide) groups is 1. The molecule has 0 aliphatic carbocycles. The first kappa shape index (κ1) is 15.1. The summed E-state index contributed by atoms with van der Waals surface area (Å²) in [5, 5.41) is 21.1. The number of hydrogen-bond donors (Lipinski definition) is 0. The molecule has 114 valence electrons. The van der Waals surface area contributed by atoms with E-state index in [1.807, 2.05) is 24.3 Å². The van der Waals surface area contributed by atoms with Gasteiger partial charge in [0.2, 0.25) is 0 Å². The summed E-state index contributed by atoms with van der Waals surface area (Å²) in [4.78, 5) is 13.7. The zero-order chi connectivity index (χ0) is 16.4. The van der Waals surface area contributed by atoms with E-state index in [9.17, 15) is 15.4 Å². The Hall–Kier alpha value is -2.78. The lowest BCUT2D eigenvalue weighted by atomic mass is 10.1. The van der Waals surface area contributed by atoms with Crippen molar-refractivity contribution in [3.63, 3.8) is 0 Å². The van der Waals surface area contributed by atoms with Gasteiger partial charge in [0.05, 0.1) is 21.2 Å². The molecule has 23 heavy (non-hydrogen) atoms. The first-order valence-corrected chi connectivity index (χ1v) is 7.90. The lowest BCUT2D eigenvalue weighted by Gasteiger charge is -2.18. The number of benzene rings is 2. The predicted octanol–water partition coefficient (Wildman–Crippen LogP) is 4.40. The van der Waals surface area contributed by atoms with Crippen molar-refractivity contribution in [1.29, 1.82) is 5.26 Å². The lowest BCUT2D eigenvalue weighted by molar-refractivity contribution is -0.384. The van der Waals surface area contributed by atoms with Gasteiger partial charge in [0.1, 0.15) is 6.07 Å². The van der Waals surface area contributed by atoms with Crippen LogP contribution in [-0.4, -0.2) is 11.5 Å². The molecule has 6 heteroatoms. The molecule has 0 fully saturated rings. The summed E-state index contributed by atoms with van der Waals surface area (Å²) in [5.74, 6) is 0. The van der Waals surface area contributed by atoms with Crippen LogP contribution in [0, 0.1) is 21.4 Å². The number of para-hydroxylation sites is 1. The third kappa shape index (κ3) is 2.79. The van der Waals surface area contributed by atoms with Gasteiger partial charge in [-0.25, -0.2) is 0 Å². The number of nitro groups is 1. The van der Waals surface area contributed by atoms with Gasteiger partial charge >= 0.3 is 0 Å². The van der Waals surface area contributed by atoms with Crippen LogP contribution in [-0.2, 0) is 0 Å². The summed E-state index contributed by atoms with van der Waals surface area (Å²) in [6, 6.07) is 14.5. The van der Waals surface area contributed by atoms with Gasteiger partial charge in [0, 0.05) is 23.6 Å². The molecule has 0 saturated heterocycles. The summed E-state index contributed by atoms with van der Waals surface area (Å²) in [7, 11) is 0. The molecule has 0 aromatic heterocycles. The minimum Gasteiger partial charge on any atom is -0.335 e. The van der Waals surface area contributed by atoms with E-state index in [-0.39, 0.29) is 5.69 Å². The van der Waals surface area contributed by atoms with Crippen molar-refractivity contribution in [1.82, 2.24) is 0 Å². The minimum atomic E-state index is -0.490. The Labute approximate surface area is 138 Å². The Bertz CT molecular complexity index is 855. The van der Waals surface area contributed by atoms with Crippen LogP contribution >= 0.6 is 11.8 Å². The van der Waals surface area contributed by atoms with Crippen molar-refractivity contribution < 1.29 is 4.92 Å². The second-order valence-corrected chi connectivity index (χ2v) is 6.00. The van der Waals surface area contributed by atoms with Crippen LogP contribution in [0.15, 0.2) is 52.4 Å². The van der Waals surface area contributed by atoms with Crippen molar-refractivity contribution >= 4 is 29.2 Å². The third-order valence-electron chi connectivity index (χ3n) is 3.60. The van der Waals surface area contributed by atoms with E-state index in [1.165, 1.54) is 17.0 Å². The number of anilines is 1. The molecule has 0 N–H and O–H groups in total. The molecule has 0 radical (unpaired) electrons. The number of nitro benzene ring substituents is 1. The number of hydrogen-bond acceptors (Lipinski definition) is 5. The standard InChI is InChI=1S/C17H13N3O2S/c1-2-19-15-5-3-4-6-16(15)23-17(19)10-12-7-8-14(20(21)22)9-13(12)11-18/h3-10H,2H2,1H3/b17-10+. The lowest BCUT2D eigenvalue weighted by Crippen LogP contribution is -2.16. The Kier molecular flexibility index (Phi) is 4.04. The molecule has 0 bridgehead atoms. The first-order valence-electron chi connectivity index (χ1n) is 7.08. The number of nitrogens with zero attached hydrogens (tertiary/aromatic N) is 3. The fourth-order valence-electron chi connectivity index (χ4n) is 2.50. The highest BCUT2D eigenvalue weighted by Gasteiger charge is 2.23. The second-order valence-electron chi connectivity index (χ2n) is 4.94. The second kappa shape index (κ2) is 6.15. The molecule has 0 unspecified atom stereocenters. The molecule has 1 aliphatic rings. The van der Waals surface area contributed by atoms with Crippen LogP contribution in [0.4, 0.5) is 11.4 Å². The highest BCUT2D eigenvalue weighted by Crippen LogP contribution is 2.46. The molecule has 0 amide bonds. The largest absolute Gasteiger partial charge is 0.335 e. The van der Waals surface area contributed by atoms with Gasteiger partial charge in [0.15, 0.2) is 0 Å². The number of rotatable bonds is 3. The van der Waals surface area contributed by atoms with Gasteiger partial charge in [-0.3, -0.25) is 10.1 Å². The SMILES string of the molecule is CCN1/C(=C\c2ccc([N+](=O)[O-])cc2C#N)Sc2ccccc21. The number of nitriles is 1. The van der Waals surface area contributed by atoms with Gasteiger partial charge < -0.3 is 4.90 Å². The quantitative estimate of drug-likeness (QED) is 0.618. The zero-order valence-electron chi connectivity index (χ0n) is 12.4. The molecule has 1 heterocycles. The van der Waals surface area contributed by atoms with Gasteiger partial charge in [-0.05, 0) is 36.8 Å². The smallest absolute Gasteiger partial charge is 0.270 e. The molecule has 3 rings (SSSR count). The fraction of sp³-hybridized carbons (Fsp3) is 0.118. The van der Waals surface area contributed by atoms with Gasteiger partial charge in [0.25, 0.3) is 5.69 Å². The van der Waals surface area contributed by atoms with E-state index < -0.39 is 4.92 Å². The van der Waals surface area contributed by atoms with Crippen LogP contribution in [0.2, 0.25) is 0 Å². The Morgan fingerprint density at radius 3 is 2.83 bits per heavy atom. The molecule has 0 saturated carbocycles. The Balaban J connectivity index is 2.03. The van der Waals surface area contributed by atoms with Crippen LogP contribution in [0.25, 0.3) is 6.08 Å².